The zero-order chi connectivity index (χ0) is 21.1. The zero-order valence-corrected chi connectivity index (χ0v) is 17.1. The summed E-state index contributed by atoms with van der Waals surface area (Å²) in [5.41, 5.74) is 1.53. The highest BCUT2D eigenvalue weighted by Gasteiger charge is 2.17. The number of alkyl halides is 2. The summed E-state index contributed by atoms with van der Waals surface area (Å²) in [5, 5.41) is 9.23. The number of benzene rings is 3. The van der Waals surface area contributed by atoms with Gasteiger partial charge in [0, 0.05) is 10.7 Å². The number of nitrogens with zero attached hydrogens (tertiary/aromatic N) is 2. The summed E-state index contributed by atoms with van der Waals surface area (Å²) in [5.74, 6) is -0.773. The Labute approximate surface area is 179 Å². The lowest BCUT2D eigenvalue weighted by atomic mass is 10.0. The van der Waals surface area contributed by atoms with Crippen LogP contribution in [0.3, 0.4) is 0 Å². The Morgan fingerprint density at radius 1 is 1.13 bits per heavy atom. The molecule has 0 bridgehead atoms. The fourth-order valence-corrected chi connectivity index (χ4v) is 3.56. The molecule has 0 saturated carbocycles. The van der Waals surface area contributed by atoms with Gasteiger partial charge in [-0.2, -0.15) is 13.9 Å². The number of nitrogens with one attached hydrogen (secondary N) is 1. The minimum Gasteiger partial charge on any atom is -0.434 e. The van der Waals surface area contributed by atoms with Gasteiger partial charge in [-0.05, 0) is 34.5 Å². The SMILES string of the molecule is O=C(Nc1cnn(Cc2cccc3ccccc23)c1)c1cc(Br)ccc1OC(F)F. The molecule has 3 aromatic carbocycles. The van der Waals surface area contributed by atoms with Crippen molar-refractivity contribution in [2.24, 2.45) is 0 Å². The summed E-state index contributed by atoms with van der Waals surface area (Å²) in [6, 6.07) is 18.4. The van der Waals surface area contributed by atoms with Crippen LogP contribution in [0.5, 0.6) is 5.75 Å². The van der Waals surface area contributed by atoms with Crippen LogP contribution in [-0.2, 0) is 6.54 Å². The van der Waals surface area contributed by atoms with E-state index in [1.165, 1.54) is 24.4 Å². The van der Waals surface area contributed by atoms with Crippen LogP contribution >= 0.6 is 15.9 Å². The number of halogens is 3. The van der Waals surface area contributed by atoms with Crippen molar-refractivity contribution in [1.82, 2.24) is 9.78 Å². The Balaban J connectivity index is 1.52. The van der Waals surface area contributed by atoms with Gasteiger partial charge < -0.3 is 10.1 Å². The highest BCUT2D eigenvalue weighted by molar-refractivity contribution is 9.10. The molecule has 30 heavy (non-hydrogen) atoms. The summed E-state index contributed by atoms with van der Waals surface area (Å²) < 4.78 is 32.0. The van der Waals surface area contributed by atoms with Crippen LogP contribution in [0.4, 0.5) is 14.5 Å². The minimum absolute atomic E-state index is 0.00789. The second-order valence-corrected chi connectivity index (χ2v) is 7.45. The topological polar surface area (TPSA) is 56.2 Å². The van der Waals surface area contributed by atoms with E-state index in [-0.39, 0.29) is 11.3 Å². The van der Waals surface area contributed by atoms with Crippen LogP contribution in [0.1, 0.15) is 15.9 Å². The minimum atomic E-state index is -3.03. The highest BCUT2D eigenvalue weighted by atomic mass is 79.9. The maximum Gasteiger partial charge on any atom is 0.387 e. The average Bonchev–Trinajstić information content (AvgIpc) is 3.16. The largest absolute Gasteiger partial charge is 0.434 e. The molecule has 5 nitrogen and oxygen atoms in total. The van der Waals surface area contributed by atoms with E-state index < -0.39 is 12.5 Å². The monoisotopic (exact) mass is 471 g/mol. The van der Waals surface area contributed by atoms with Crippen molar-refractivity contribution in [2.45, 2.75) is 13.2 Å². The highest BCUT2D eigenvalue weighted by Crippen LogP contribution is 2.26. The number of carbonyl (C=O) groups is 1. The molecule has 152 valence electrons. The average molecular weight is 472 g/mol. The van der Waals surface area contributed by atoms with Gasteiger partial charge in [0.1, 0.15) is 5.75 Å². The van der Waals surface area contributed by atoms with Gasteiger partial charge in [-0.15, -0.1) is 0 Å². The summed E-state index contributed by atoms with van der Waals surface area (Å²) in [6.45, 7) is -2.51. The van der Waals surface area contributed by atoms with E-state index in [0.717, 1.165) is 16.3 Å². The van der Waals surface area contributed by atoms with Crippen molar-refractivity contribution in [1.29, 1.82) is 0 Å². The van der Waals surface area contributed by atoms with Crippen molar-refractivity contribution in [2.75, 3.05) is 5.32 Å². The lowest BCUT2D eigenvalue weighted by Crippen LogP contribution is -2.15. The number of carbonyl (C=O) groups excluding carboxylic acids is 1. The lowest BCUT2D eigenvalue weighted by Gasteiger charge is -2.11. The molecule has 0 spiro atoms. The lowest BCUT2D eigenvalue weighted by molar-refractivity contribution is -0.0501. The first-order valence-corrected chi connectivity index (χ1v) is 9.84. The van der Waals surface area contributed by atoms with Crippen molar-refractivity contribution >= 4 is 38.3 Å². The molecular weight excluding hydrogens is 456 g/mol. The van der Waals surface area contributed by atoms with Crippen molar-refractivity contribution in [3.63, 3.8) is 0 Å². The van der Waals surface area contributed by atoms with Crippen LogP contribution in [0, 0.1) is 0 Å². The number of rotatable bonds is 6. The van der Waals surface area contributed by atoms with Crippen LogP contribution < -0.4 is 10.1 Å². The van der Waals surface area contributed by atoms with Crippen LogP contribution in [0.15, 0.2) is 77.5 Å². The first kappa shape index (κ1) is 20.0. The molecule has 0 aliphatic heterocycles. The third-order valence-corrected chi connectivity index (χ3v) is 5.00. The molecular formula is C22H16BrF2N3O2. The van der Waals surface area contributed by atoms with Gasteiger partial charge in [-0.1, -0.05) is 58.4 Å². The molecule has 1 heterocycles. The maximum absolute atomic E-state index is 12.6. The molecule has 0 saturated heterocycles. The number of anilines is 1. The Morgan fingerprint density at radius 3 is 2.77 bits per heavy atom. The Kier molecular flexibility index (Phi) is 5.76. The van der Waals surface area contributed by atoms with Gasteiger partial charge in [-0.3, -0.25) is 9.48 Å². The fourth-order valence-electron chi connectivity index (χ4n) is 3.20. The maximum atomic E-state index is 12.6. The van der Waals surface area contributed by atoms with Crippen molar-refractivity contribution < 1.29 is 18.3 Å². The molecule has 0 atom stereocenters. The fraction of sp³-hybridized carbons (Fsp3) is 0.0909. The molecule has 1 amide bonds. The van der Waals surface area contributed by atoms with Crippen LogP contribution in [0.25, 0.3) is 10.8 Å². The molecule has 0 aliphatic rings. The van der Waals surface area contributed by atoms with E-state index in [4.69, 9.17) is 0 Å². The smallest absolute Gasteiger partial charge is 0.387 e. The Bertz CT molecular complexity index is 1200. The number of fused-ring (bicyclic) bond motifs is 1. The van der Waals surface area contributed by atoms with Crippen LogP contribution in [-0.4, -0.2) is 22.3 Å². The second-order valence-electron chi connectivity index (χ2n) is 6.54. The molecule has 0 aliphatic carbocycles. The van der Waals surface area contributed by atoms with E-state index in [1.807, 2.05) is 36.4 Å². The van der Waals surface area contributed by atoms with Gasteiger partial charge in [-0.25, -0.2) is 0 Å². The first-order valence-electron chi connectivity index (χ1n) is 9.04. The molecule has 0 fully saturated rings. The van der Waals surface area contributed by atoms with Crippen LogP contribution in [0.2, 0.25) is 0 Å². The molecule has 0 unspecified atom stereocenters. The molecule has 4 rings (SSSR count). The molecule has 4 aromatic rings. The van der Waals surface area contributed by atoms with Gasteiger partial charge in [0.05, 0.1) is 24.0 Å². The van der Waals surface area contributed by atoms with Crippen molar-refractivity contribution in [3.05, 3.63) is 88.7 Å². The Morgan fingerprint density at radius 2 is 1.93 bits per heavy atom. The van der Waals surface area contributed by atoms with Gasteiger partial charge in [0.2, 0.25) is 0 Å². The summed E-state index contributed by atoms with van der Waals surface area (Å²) in [6.07, 6.45) is 3.19. The predicted molar refractivity (Wildman–Crippen MR) is 114 cm³/mol. The van der Waals surface area contributed by atoms with E-state index in [2.05, 4.69) is 37.1 Å². The summed E-state index contributed by atoms with van der Waals surface area (Å²) in [7, 11) is 0. The molecule has 8 heteroatoms. The second kappa shape index (κ2) is 8.62. The number of hydrogen-bond acceptors (Lipinski definition) is 3. The van der Waals surface area contributed by atoms with Gasteiger partial charge in [0.25, 0.3) is 5.91 Å². The molecule has 1 N–H and O–H groups in total. The number of hydrogen-bond donors (Lipinski definition) is 1. The van der Waals surface area contributed by atoms with Gasteiger partial charge >= 0.3 is 6.61 Å². The Hall–Kier alpha value is -3.26. The molecule has 1 aromatic heterocycles. The summed E-state index contributed by atoms with van der Waals surface area (Å²) in [4.78, 5) is 12.6. The molecule has 0 radical (unpaired) electrons. The third kappa shape index (κ3) is 4.49. The zero-order valence-electron chi connectivity index (χ0n) is 15.6. The van der Waals surface area contributed by atoms with E-state index in [1.54, 1.807) is 10.9 Å². The standard InChI is InChI=1S/C22H16BrF2N3O2/c23-16-8-9-20(30-22(24)25)19(10-16)21(29)27-17-11-26-28(13-17)12-15-6-3-5-14-4-1-2-7-18(14)15/h1-11,13,22H,12H2,(H,27,29). The predicted octanol–water partition coefficient (Wildman–Crippen LogP) is 5.70. The van der Waals surface area contributed by atoms with E-state index in [9.17, 15) is 13.6 Å². The third-order valence-electron chi connectivity index (χ3n) is 4.51. The van der Waals surface area contributed by atoms with E-state index in [0.29, 0.717) is 16.7 Å². The van der Waals surface area contributed by atoms with Gasteiger partial charge in [0.15, 0.2) is 0 Å². The number of aromatic nitrogens is 2. The number of ether oxygens (including phenoxy) is 1. The quantitative estimate of drug-likeness (QED) is 0.392. The summed E-state index contributed by atoms with van der Waals surface area (Å²) >= 11 is 3.24. The normalized spacial score (nSPS) is 11.1. The first-order chi connectivity index (χ1) is 14.5. The van der Waals surface area contributed by atoms with E-state index >= 15 is 0 Å². The van der Waals surface area contributed by atoms with Crippen molar-refractivity contribution in [3.8, 4) is 5.75 Å². The number of amides is 1.